The lowest BCUT2D eigenvalue weighted by molar-refractivity contribution is -0.189. The molecule has 0 bridgehead atoms. The first-order valence-electron chi connectivity index (χ1n) is 8.60. The second-order valence-electron chi connectivity index (χ2n) is 7.37. The number of benzene rings is 1. The number of ether oxygens (including phenoxy) is 1. The van der Waals surface area contributed by atoms with E-state index >= 15 is 0 Å². The molecule has 1 saturated heterocycles. The van der Waals surface area contributed by atoms with Gasteiger partial charge >= 0.3 is 0 Å². The highest BCUT2D eigenvalue weighted by Crippen LogP contribution is 2.51. The van der Waals surface area contributed by atoms with Gasteiger partial charge in [0.15, 0.2) is 0 Å². The molecule has 0 unspecified atom stereocenters. The van der Waals surface area contributed by atoms with Crippen LogP contribution in [-0.2, 0) is 4.74 Å². The van der Waals surface area contributed by atoms with Crippen LogP contribution in [0.15, 0.2) is 42.7 Å². The third-order valence-corrected chi connectivity index (χ3v) is 5.52. The summed E-state index contributed by atoms with van der Waals surface area (Å²) in [7, 11) is 0. The van der Waals surface area contributed by atoms with Crippen molar-refractivity contribution >= 4 is 5.91 Å². The van der Waals surface area contributed by atoms with Gasteiger partial charge in [-0.1, -0.05) is 13.8 Å². The molecule has 1 aliphatic carbocycles. The third kappa shape index (κ3) is 2.44. The van der Waals surface area contributed by atoms with Crippen molar-refractivity contribution in [3.8, 4) is 5.69 Å². The van der Waals surface area contributed by atoms with Gasteiger partial charge in [0.2, 0.25) is 0 Å². The molecule has 1 aromatic carbocycles. The summed E-state index contributed by atoms with van der Waals surface area (Å²) in [4.78, 5) is 12.6. The molecular weight excluding hydrogens is 302 g/mol. The maximum absolute atomic E-state index is 12.6. The van der Waals surface area contributed by atoms with Gasteiger partial charge in [-0.15, -0.1) is 0 Å². The SMILES string of the molecule is CC1(C)[C@H](NC(=O)c2ccc(-n3cccn3)cc2)[C@H]2CCCO[C@@H]21. The van der Waals surface area contributed by atoms with Crippen molar-refractivity contribution < 1.29 is 9.53 Å². The second-order valence-corrected chi connectivity index (χ2v) is 7.37. The van der Waals surface area contributed by atoms with E-state index in [0.717, 1.165) is 25.1 Å². The topological polar surface area (TPSA) is 56.2 Å². The zero-order valence-corrected chi connectivity index (χ0v) is 14.1. The molecule has 5 nitrogen and oxygen atoms in total. The van der Waals surface area contributed by atoms with Crippen molar-refractivity contribution in [3.63, 3.8) is 0 Å². The molecule has 2 aliphatic rings. The van der Waals surface area contributed by atoms with Gasteiger partial charge in [0.1, 0.15) is 0 Å². The molecule has 3 atom stereocenters. The molecule has 1 saturated carbocycles. The van der Waals surface area contributed by atoms with E-state index in [0.29, 0.717) is 11.5 Å². The molecule has 2 heterocycles. The number of rotatable bonds is 3. The summed E-state index contributed by atoms with van der Waals surface area (Å²) in [5, 5.41) is 7.43. The normalized spacial score (nSPS) is 27.8. The molecule has 0 spiro atoms. The van der Waals surface area contributed by atoms with Crippen LogP contribution in [0.4, 0.5) is 0 Å². The maximum atomic E-state index is 12.6. The largest absolute Gasteiger partial charge is 0.377 e. The minimum Gasteiger partial charge on any atom is -0.377 e. The van der Waals surface area contributed by atoms with E-state index in [1.54, 1.807) is 10.9 Å². The molecule has 0 radical (unpaired) electrons. The van der Waals surface area contributed by atoms with E-state index in [1.807, 2.05) is 36.5 Å². The Bertz CT molecular complexity index is 722. The minimum atomic E-state index is -0.0101. The summed E-state index contributed by atoms with van der Waals surface area (Å²) < 4.78 is 7.68. The van der Waals surface area contributed by atoms with Gasteiger partial charge in [-0.05, 0) is 43.2 Å². The number of carbonyl (C=O) groups is 1. The minimum absolute atomic E-state index is 0.00422. The molecule has 126 valence electrons. The predicted octanol–water partition coefficient (Wildman–Crippen LogP) is 2.81. The lowest BCUT2D eigenvalue weighted by Crippen LogP contribution is -2.70. The molecular formula is C19H23N3O2. The van der Waals surface area contributed by atoms with Gasteiger partial charge in [-0.2, -0.15) is 5.10 Å². The first kappa shape index (κ1) is 15.4. The Hall–Kier alpha value is -2.14. The van der Waals surface area contributed by atoms with Gasteiger partial charge in [0.05, 0.1) is 11.8 Å². The van der Waals surface area contributed by atoms with Crippen molar-refractivity contribution in [1.29, 1.82) is 0 Å². The maximum Gasteiger partial charge on any atom is 0.251 e. The van der Waals surface area contributed by atoms with E-state index in [2.05, 4.69) is 24.3 Å². The van der Waals surface area contributed by atoms with Crippen molar-refractivity contribution in [2.24, 2.45) is 11.3 Å². The van der Waals surface area contributed by atoms with Crippen molar-refractivity contribution in [2.45, 2.75) is 38.8 Å². The molecule has 1 N–H and O–H groups in total. The zero-order chi connectivity index (χ0) is 16.7. The van der Waals surface area contributed by atoms with Crippen molar-refractivity contribution in [2.75, 3.05) is 6.61 Å². The number of hydrogen-bond acceptors (Lipinski definition) is 3. The summed E-state index contributed by atoms with van der Waals surface area (Å²) in [5.41, 5.74) is 1.62. The third-order valence-electron chi connectivity index (χ3n) is 5.52. The fraction of sp³-hybridized carbons (Fsp3) is 0.474. The lowest BCUT2D eigenvalue weighted by Gasteiger charge is -2.59. The van der Waals surface area contributed by atoms with E-state index < -0.39 is 0 Å². The first-order chi connectivity index (χ1) is 11.6. The highest BCUT2D eigenvalue weighted by Gasteiger charge is 2.58. The molecule has 2 aromatic rings. The van der Waals surface area contributed by atoms with Crippen molar-refractivity contribution in [3.05, 3.63) is 48.3 Å². The Morgan fingerprint density at radius 2 is 2.12 bits per heavy atom. The number of carbonyl (C=O) groups excluding carboxylic acids is 1. The number of hydrogen-bond donors (Lipinski definition) is 1. The van der Waals surface area contributed by atoms with Gasteiger partial charge in [0.25, 0.3) is 5.91 Å². The number of aromatic nitrogens is 2. The number of nitrogens with zero attached hydrogens (tertiary/aromatic N) is 2. The standard InChI is InChI=1S/C19H23N3O2/c1-19(2)16(15-5-3-12-24-17(15)19)21-18(23)13-6-8-14(9-7-13)22-11-4-10-20-22/h4,6-11,15-17H,3,5,12H2,1-2H3,(H,21,23)/t15-,16-,17+/m1/s1. The number of fused-ring (bicyclic) bond motifs is 1. The van der Waals surface area contributed by atoms with Gasteiger partial charge < -0.3 is 10.1 Å². The Morgan fingerprint density at radius 3 is 2.83 bits per heavy atom. The van der Waals surface area contributed by atoms with Crippen LogP contribution in [0.2, 0.25) is 0 Å². The van der Waals surface area contributed by atoms with Gasteiger partial charge in [-0.25, -0.2) is 4.68 Å². The van der Waals surface area contributed by atoms with Crippen LogP contribution in [-0.4, -0.2) is 34.4 Å². The quantitative estimate of drug-likeness (QED) is 0.944. The van der Waals surface area contributed by atoms with E-state index in [1.165, 1.54) is 0 Å². The van der Waals surface area contributed by atoms with Crippen LogP contribution >= 0.6 is 0 Å². The smallest absolute Gasteiger partial charge is 0.251 e. The Balaban J connectivity index is 1.46. The molecule has 1 aromatic heterocycles. The van der Waals surface area contributed by atoms with Crippen LogP contribution in [0.5, 0.6) is 0 Å². The van der Waals surface area contributed by atoms with E-state index in [9.17, 15) is 4.79 Å². The van der Waals surface area contributed by atoms with Crippen LogP contribution in [0.1, 0.15) is 37.0 Å². The van der Waals surface area contributed by atoms with Crippen molar-refractivity contribution in [1.82, 2.24) is 15.1 Å². The molecule has 24 heavy (non-hydrogen) atoms. The molecule has 1 aliphatic heterocycles. The fourth-order valence-electron chi connectivity index (χ4n) is 4.23. The summed E-state index contributed by atoms with van der Waals surface area (Å²) in [6.07, 6.45) is 6.12. The highest BCUT2D eigenvalue weighted by atomic mass is 16.5. The summed E-state index contributed by atoms with van der Waals surface area (Å²) in [5.74, 6) is 0.435. The second kappa shape index (κ2) is 5.74. The molecule has 1 amide bonds. The van der Waals surface area contributed by atoms with Crippen LogP contribution in [0, 0.1) is 11.3 Å². The Labute approximate surface area is 142 Å². The molecule has 2 fully saturated rings. The van der Waals surface area contributed by atoms with E-state index in [-0.39, 0.29) is 23.5 Å². The average molecular weight is 325 g/mol. The monoisotopic (exact) mass is 325 g/mol. The summed E-state index contributed by atoms with van der Waals surface area (Å²) in [6.45, 7) is 5.22. The summed E-state index contributed by atoms with van der Waals surface area (Å²) in [6, 6.07) is 9.60. The number of nitrogens with one attached hydrogen (secondary N) is 1. The van der Waals surface area contributed by atoms with E-state index in [4.69, 9.17) is 4.74 Å². The molecule has 4 rings (SSSR count). The first-order valence-corrected chi connectivity index (χ1v) is 8.60. The van der Waals surface area contributed by atoms with Gasteiger partial charge in [-0.3, -0.25) is 4.79 Å². The van der Waals surface area contributed by atoms with Crippen LogP contribution in [0.3, 0.4) is 0 Å². The predicted molar refractivity (Wildman–Crippen MR) is 91.1 cm³/mol. The Morgan fingerprint density at radius 1 is 1.33 bits per heavy atom. The average Bonchev–Trinajstić information content (AvgIpc) is 3.14. The number of amides is 1. The zero-order valence-electron chi connectivity index (χ0n) is 14.1. The lowest BCUT2D eigenvalue weighted by atomic mass is 9.55. The fourth-order valence-corrected chi connectivity index (χ4v) is 4.23. The van der Waals surface area contributed by atoms with Gasteiger partial charge in [0, 0.05) is 41.9 Å². The Kier molecular flexibility index (Phi) is 3.68. The van der Waals surface area contributed by atoms with Crippen LogP contribution in [0.25, 0.3) is 5.69 Å². The molecule has 5 heteroatoms. The van der Waals surface area contributed by atoms with Crippen LogP contribution < -0.4 is 5.32 Å². The highest BCUT2D eigenvalue weighted by molar-refractivity contribution is 5.94. The summed E-state index contributed by atoms with van der Waals surface area (Å²) >= 11 is 0.